The Morgan fingerprint density at radius 1 is 1.23 bits per heavy atom. The van der Waals surface area contributed by atoms with Crippen LogP contribution in [0.2, 0.25) is 0 Å². The molecule has 1 amide bonds. The van der Waals surface area contributed by atoms with Gasteiger partial charge in [-0.2, -0.15) is 0 Å². The molecule has 1 saturated carbocycles. The van der Waals surface area contributed by atoms with Gasteiger partial charge in [-0.1, -0.05) is 44.2 Å². The van der Waals surface area contributed by atoms with Crippen molar-refractivity contribution >= 4 is 17.2 Å². The molecule has 22 heavy (non-hydrogen) atoms. The van der Waals surface area contributed by atoms with E-state index in [1.165, 1.54) is 16.0 Å². The summed E-state index contributed by atoms with van der Waals surface area (Å²) in [5, 5.41) is 5.30. The zero-order chi connectivity index (χ0) is 15.5. The Hall–Kier alpha value is -1.61. The molecule has 0 saturated heterocycles. The summed E-state index contributed by atoms with van der Waals surface area (Å²) in [5.74, 6) is 1.10. The summed E-state index contributed by atoms with van der Waals surface area (Å²) in [6, 6.07) is 12.8. The molecule has 116 valence electrons. The Morgan fingerprint density at radius 3 is 2.50 bits per heavy atom. The molecule has 0 bridgehead atoms. The minimum absolute atomic E-state index is 0.0128. The summed E-state index contributed by atoms with van der Waals surface area (Å²) in [5.41, 5.74) is 2.53. The molecular formula is C19H23NOS. The SMILES string of the molecule is CC(C)Cc1ccc([C@H](NC(=O)C2CC2)c2cccs2)cc1. The topological polar surface area (TPSA) is 29.1 Å². The average Bonchev–Trinajstić information content (AvgIpc) is 3.21. The van der Waals surface area contributed by atoms with Gasteiger partial charge in [-0.25, -0.2) is 0 Å². The van der Waals surface area contributed by atoms with Crippen LogP contribution in [0.25, 0.3) is 0 Å². The quantitative estimate of drug-likeness (QED) is 0.832. The van der Waals surface area contributed by atoms with E-state index in [-0.39, 0.29) is 17.9 Å². The molecule has 1 N–H and O–H groups in total. The summed E-state index contributed by atoms with van der Waals surface area (Å²) in [6.45, 7) is 4.47. The van der Waals surface area contributed by atoms with Crippen LogP contribution in [0.1, 0.15) is 48.7 Å². The number of amides is 1. The molecule has 3 rings (SSSR count). The molecule has 1 fully saturated rings. The second-order valence-electron chi connectivity index (χ2n) is 6.57. The lowest BCUT2D eigenvalue weighted by Crippen LogP contribution is -2.29. The third-order valence-electron chi connectivity index (χ3n) is 4.02. The number of thiophene rings is 1. The zero-order valence-electron chi connectivity index (χ0n) is 13.2. The van der Waals surface area contributed by atoms with Crippen molar-refractivity contribution in [3.8, 4) is 0 Å². The second kappa shape index (κ2) is 6.66. The molecule has 0 aliphatic heterocycles. The van der Waals surface area contributed by atoms with Gasteiger partial charge in [-0.05, 0) is 47.8 Å². The standard InChI is InChI=1S/C19H23NOS/c1-13(2)12-14-5-7-15(8-6-14)18(17-4-3-11-22-17)20-19(21)16-9-10-16/h3-8,11,13,16,18H,9-10,12H2,1-2H3,(H,20,21)/t18-/m0/s1. The predicted molar refractivity (Wildman–Crippen MR) is 92.0 cm³/mol. The second-order valence-corrected chi connectivity index (χ2v) is 7.55. The summed E-state index contributed by atoms with van der Waals surface area (Å²) < 4.78 is 0. The van der Waals surface area contributed by atoms with Crippen LogP contribution in [0.15, 0.2) is 41.8 Å². The van der Waals surface area contributed by atoms with E-state index in [9.17, 15) is 4.79 Å². The molecule has 1 aliphatic rings. The van der Waals surface area contributed by atoms with Crippen molar-refractivity contribution in [3.05, 3.63) is 57.8 Å². The molecule has 1 heterocycles. The lowest BCUT2D eigenvalue weighted by atomic mass is 9.98. The lowest BCUT2D eigenvalue weighted by Gasteiger charge is -2.18. The number of hydrogen-bond acceptors (Lipinski definition) is 2. The van der Waals surface area contributed by atoms with Crippen molar-refractivity contribution in [2.75, 3.05) is 0 Å². The number of carbonyl (C=O) groups excluding carboxylic acids is 1. The number of nitrogens with one attached hydrogen (secondary N) is 1. The molecule has 1 aromatic heterocycles. The van der Waals surface area contributed by atoms with E-state index < -0.39 is 0 Å². The number of rotatable bonds is 6. The van der Waals surface area contributed by atoms with E-state index >= 15 is 0 Å². The van der Waals surface area contributed by atoms with E-state index in [2.05, 4.69) is 54.9 Å². The van der Waals surface area contributed by atoms with E-state index in [1.54, 1.807) is 11.3 Å². The summed E-state index contributed by atoms with van der Waals surface area (Å²) in [4.78, 5) is 13.4. The Balaban J connectivity index is 1.80. The fraction of sp³-hybridized carbons (Fsp3) is 0.421. The highest BCUT2D eigenvalue weighted by atomic mass is 32.1. The van der Waals surface area contributed by atoms with Crippen LogP contribution in [0.3, 0.4) is 0 Å². The molecule has 1 atom stereocenters. The smallest absolute Gasteiger partial charge is 0.223 e. The Labute approximate surface area is 136 Å². The lowest BCUT2D eigenvalue weighted by molar-refractivity contribution is -0.122. The normalized spacial score (nSPS) is 15.8. The first kappa shape index (κ1) is 15.3. The fourth-order valence-corrected chi connectivity index (χ4v) is 3.50. The number of benzene rings is 1. The first-order chi connectivity index (χ1) is 10.6. The number of carbonyl (C=O) groups is 1. The third kappa shape index (κ3) is 3.77. The minimum atomic E-state index is -0.0128. The van der Waals surface area contributed by atoms with Crippen molar-refractivity contribution < 1.29 is 4.79 Å². The largest absolute Gasteiger partial charge is 0.344 e. The van der Waals surface area contributed by atoms with E-state index in [4.69, 9.17) is 0 Å². The van der Waals surface area contributed by atoms with Gasteiger partial charge in [-0.3, -0.25) is 4.79 Å². The average molecular weight is 313 g/mol. The summed E-state index contributed by atoms with van der Waals surface area (Å²) in [7, 11) is 0. The van der Waals surface area contributed by atoms with Crippen LogP contribution >= 0.6 is 11.3 Å². The van der Waals surface area contributed by atoms with Crippen molar-refractivity contribution in [1.82, 2.24) is 5.32 Å². The summed E-state index contributed by atoms with van der Waals surface area (Å²) >= 11 is 1.70. The maximum Gasteiger partial charge on any atom is 0.223 e. The first-order valence-corrected chi connectivity index (χ1v) is 8.94. The van der Waals surface area contributed by atoms with Crippen LogP contribution in [-0.2, 0) is 11.2 Å². The molecule has 0 radical (unpaired) electrons. The Kier molecular flexibility index (Phi) is 4.63. The maximum atomic E-state index is 12.2. The van der Waals surface area contributed by atoms with Crippen molar-refractivity contribution in [1.29, 1.82) is 0 Å². The molecule has 0 unspecified atom stereocenters. The van der Waals surface area contributed by atoms with Crippen molar-refractivity contribution in [2.24, 2.45) is 11.8 Å². The zero-order valence-corrected chi connectivity index (χ0v) is 14.0. The highest BCUT2D eigenvalue weighted by Gasteiger charge is 2.31. The number of hydrogen-bond donors (Lipinski definition) is 1. The maximum absolute atomic E-state index is 12.2. The van der Waals surface area contributed by atoms with Crippen molar-refractivity contribution in [2.45, 2.75) is 39.2 Å². The van der Waals surface area contributed by atoms with Gasteiger partial charge in [0.25, 0.3) is 0 Å². The van der Waals surface area contributed by atoms with E-state index in [0.29, 0.717) is 5.92 Å². The van der Waals surface area contributed by atoms with Gasteiger partial charge >= 0.3 is 0 Å². The van der Waals surface area contributed by atoms with E-state index in [0.717, 1.165) is 19.3 Å². The first-order valence-electron chi connectivity index (χ1n) is 8.06. The van der Waals surface area contributed by atoms with E-state index in [1.807, 2.05) is 6.07 Å². The van der Waals surface area contributed by atoms with Gasteiger partial charge in [-0.15, -0.1) is 11.3 Å². The highest BCUT2D eigenvalue weighted by Crippen LogP contribution is 2.32. The molecule has 1 aliphatic carbocycles. The van der Waals surface area contributed by atoms with Gasteiger partial charge in [0.1, 0.15) is 0 Å². The molecule has 2 aromatic rings. The summed E-state index contributed by atoms with van der Waals surface area (Å²) in [6.07, 6.45) is 3.17. The van der Waals surface area contributed by atoms with Crippen molar-refractivity contribution in [3.63, 3.8) is 0 Å². The minimum Gasteiger partial charge on any atom is -0.344 e. The predicted octanol–water partition coefficient (Wildman–Crippen LogP) is 4.56. The Bertz CT molecular complexity index is 611. The monoisotopic (exact) mass is 313 g/mol. The highest BCUT2D eigenvalue weighted by molar-refractivity contribution is 7.10. The fourth-order valence-electron chi connectivity index (χ4n) is 2.70. The molecule has 2 nitrogen and oxygen atoms in total. The van der Waals surface area contributed by atoms with Gasteiger partial charge in [0.15, 0.2) is 0 Å². The molecule has 3 heteroatoms. The van der Waals surface area contributed by atoms with Gasteiger partial charge in [0.2, 0.25) is 5.91 Å². The van der Waals surface area contributed by atoms with Gasteiger partial charge in [0.05, 0.1) is 6.04 Å². The van der Waals surface area contributed by atoms with Crippen LogP contribution in [0.4, 0.5) is 0 Å². The van der Waals surface area contributed by atoms with Gasteiger partial charge in [0, 0.05) is 10.8 Å². The third-order valence-corrected chi connectivity index (χ3v) is 4.96. The molecule has 1 aromatic carbocycles. The van der Waals surface area contributed by atoms with Crippen LogP contribution in [0.5, 0.6) is 0 Å². The Morgan fingerprint density at radius 2 is 1.95 bits per heavy atom. The molecular weight excluding hydrogens is 290 g/mol. The van der Waals surface area contributed by atoms with Gasteiger partial charge < -0.3 is 5.32 Å². The van der Waals surface area contributed by atoms with Crippen LogP contribution in [-0.4, -0.2) is 5.91 Å². The van der Waals surface area contributed by atoms with Crippen LogP contribution in [0, 0.1) is 11.8 Å². The van der Waals surface area contributed by atoms with Crippen LogP contribution < -0.4 is 5.32 Å². The molecule has 0 spiro atoms.